The van der Waals surface area contributed by atoms with Crippen LogP contribution in [0.15, 0.2) is 54.6 Å². The summed E-state index contributed by atoms with van der Waals surface area (Å²) in [5.74, 6) is -0.187. The quantitative estimate of drug-likeness (QED) is 0.666. The molecular formula is C19H24FN. The van der Waals surface area contributed by atoms with Crippen LogP contribution in [0.5, 0.6) is 0 Å². The average Bonchev–Trinajstić information content (AvgIpc) is 2.53. The Morgan fingerprint density at radius 3 is 2.19 bits per heavy atom. The smallest absolute Gasteiger partial charge is 0.123 e. The van der Waals surface area contributed by atoms with Crippen LogP contribution in [0.4, 0.5) is 4.39 Å². The van der Waals surface area contributed by atoms with Gasteiger partial charge in [-0.25, -0.2) is 4.39 Å². The van der Waals surface area contributed by atoms with E-state index in [1.807, 2.05) is 30.3 Å². The molecule has 2 aromatic carbocycles. The van der Waals surface area contributed by atoms with Crippen molar-refractivity contribution in [1.82, 2.24) is 5.32 Å². The Kier molecular flexibility index (Phi) is 6.42. The summed E-state index contributed by atoms with van der Waals surface area (Å²) in [5, 5.41) is 3.61. The van der Waals surface area contributed by atoms with Gasteiger partial charge in [0.1, 0.15) is 5.82 Å². The molecule has 0 aliphatic heterocycles. The van der Waals surface area contributed by atoms with Crippen LogP contribution in [0, 0.1) is 5.82 Å². The van der Waals surface area contributed by atoms with E-state index in [1.165, 1.54) is 43.4 Å². The molecule has 0 fully saturated rings. The number of nitrogens with one attached hydrogen (secondary N) is 1. The first-order chi connectivity index (χ1) is 10.3. The van der Waals surface area contributed by atoms with E-state index in [-0.39, 0.29) is 11.9 Å². The molecule has 2 heteroatoms. The summed E-state index contributed by atoms with van der Waals surface area (Å²) in [6.45, 7) is 3.20. The predicted molar refractivity (Wildman–Crippen MR) is 86.8 cm³/mol. The maximum atomic E-state index is 13.1. The molecule has 0 spiro atoms. The molecule has 0 aliphatic carbocycles. The fourth-order valence-corrected chi connectivity index (χ4v) is 2.53. The highest BCUT2D eigenvalue weighted by Crippen LogP contribution is 2.22. The lowest BCUT2D eigenvalue weighted by Crippen LogP contribution is -2.23. The Labute approximate surface area is 127 Å². The van der Waals surface area contributed by atoms with E-state index in [0.717, 1.165) is 12.1 Å². The lowest BCUT2D eigenvalue weighted by molar-refractivity contribution is 0.554. The topological polar surface area (TPSA) is 12.0 Å². The molecule has 0 radical (unpaired) electrons. The molecule has 1 unspecified atom stereocenters. The molecule has 0 bridgehead atoms. The van der Waals surface area contributed by atoms with Gasteiger partial charge in [0, 0.05) is 0 Å². The van der Waals surface area contributed by atoms with Crippen molar-refractivity contribution in [2.75, 3.05) is 6.54 Å². The van der Waals surface area contributed by atoms with Crippen LogP contribution < -0.4 is 5.32 Å². The molecule has 0 heterocycles. The van der Waals surface area contributed by atoms with Crippen LogP contribution in [0.2, 0.25) is 0 Å². The van der Waals surface area contributed by atoms with Crippen molar-refractivity contribution in [2.24, 2.45) is 0 Å². The molecule has 0 saturated heterocycles. The largest absolute Gasteiger partial charge is 0.306 e. The van der Waals surface area contributed by atoms with Gasteiger partial charge in [-0.3, -0.25) is 0 Å². The second-order valence-corrected chi connectivity index (χ2v) is 5.41. The van der Waals surface area contributed by atoms with E-state index in [0.29, 0.717) is 0 Å². The number of benzene rings is 2. The highest BCUT2D eigenvalue weighted by molar-refractivity contribution is 5.31. The van der Waals surface area contributed by atoms with Gasteiger partial charge in [0.25, 0.3) is 0 Å². The van der Waals surface area contributed by atoms with Gasteiger partial charge in [-0.05, 0) is 36.2 Å². The van der Waals surface area contributed by atoms with E-state index < -0.39 is 0 Å². The zero-order chi connectivity index (χ0) is 14.9. The molecule has 0 aromatic heterocycles. The standard InChI is InChI=1S/C19H24FN/c1-2-3-4-8-15-21-19(16-9-6-5-7-10-16)17-11-13-18(20)14-12-17/h5-7,9-14,19,21H,2-4,8,15H2,1H3. The number of halogens is 1. The summed E-state index contributed by atoms with van der Waals surface area (Å²) >= 11 is 0. The van der Waals surface area contributed by atoms with Crippen molar-refractivity contribution in [1.29, 1.82) is 0 Å². The summed E-state index contributed by atoms with van der Waals surface area (Å²) < 4.78 is 13.1. The van der Waals surface area contributed by atoms with Crippen molar-refractivity contribution >= 4 is 0 Å². The summed E-state index contributed by atoms with van der Waals surface area (Å²) in [5.41, 5.74) is 2.33. The third-order valence-electron chi connectivity index (χ3n) is 3.72. The highest BCUT2D eigenvalue weighted by atomic mass is 19.1. The molecule has 1 nitrogen and oxygen atoms in total. The first kappa shape index (κ1) is 15.7. The SMILES string of the molecule is CCCCCCNC(c1ccccc1)c1ccc(F)cc1. The first-order valence-corrected chi connectivity index (χ1v) is 7.85. The minimum Gasteiger partial charge on any atom is -0.306 e. The maximum Gasteiger partial charge on any atom is 0.123 e. The van der Waals surface area contributed by atoms with Crippen LogP contribution in [-0.2, 0) is 0 Å². The van der Waals surface area contributed by atoms with Crippen molar-refractivity contribution in [3.8, 4) is 0 Å². The second kappa shape index (κ2) is 8.58. The van der Waals surface area contributed by atoms with E-state index >= 15 is 0 Å². The monoisotopic (exact) mass is 285 g/mol. The third kappa shape index (κ3) is 4.98. The van der Waals surface area contributed by atoms with Gasteiger partial charge in [0.15, 0.2) is 0 Å². The molecule has 0 amide bonds. The summed E-state index contributed by atoms with van der Waals surface area (Å²) in [6, 6.07) is 17.3. The Bertz CT molecular complexity index is 507. The summed E-state index contributed by atoms with van der Waals surface area (Å²) in [4.78, 5) is 0. The Balaban J connectivity index is 2.06. The van der Waals surface area contributed by atoms with Gasteiger partial charge in [-0.15, -0.1) is 0 Å². The zero-order valence-electron chi connectivity index (χ0n) is 12.7. The van der Waals surface area contributed by atoms with E-state index in [9.17, 15) is 4.39 Å². The van der Waals surface area contributed by atoms with Gasteiger partial charge >= 0.3 is 0 Å². The Morgan fingerprint density at radius 2 is 1.52 bits per heavy atom. The number of hydrogen-bond acceptors (Lipinski definition) is 1. The van der Waals surface area contributed by atoms with Crippen LogP contribution in [0.1, 0.15) is 49.8 Å². The van der Waals surface area contributed by atoms with Gasteiger partial charge in [0.05, 0.1) is 6.04 Å². The Hall–Kier alpha value is -1.67. The zero-order valence-corrected chi connectivity index (χ0v) is 12.7. The van der Waals surface area contributed by atoms with E-state index in [4.69, 9.17) is 0 Å². The van der Waals surface area contributed by atoms with Crippen molar-refractivity contribution < 1.29 is 4.39 Å². The molecule has 112 valence electrons. The fraction of sp³-hybridized carbons (Fsp3) is 0.368. The molecule has 0 aliphatic rings. The molecule has 21 heavy (non-hydrogen) atoms. The first-order valence-electron chi connectivity index (χ1n) is 7.85. The fourth-order valence-electron chi connectivity index (χ4n) is 2.53. The summed E-state index contributed by atoms with van der Waals surface area (Å²) in [7, 11) is 0. The van der Waals surface area contributed by atoms with Crippen LogP contribution in [0.3, 0.4) is 0 Å². The van der Waals surface area contributed by atoms with Gasteiger partial charge in [0.2, 0.25) is 0 Å². The number of unbranched alkanes of at least 4 members (excludes halogenated alkanes) is 3. The van der Waals surface area contributed by atoms with E-state index in [1.54, 1.807) is 0 Å². The van der Waals surface area contributed by atoms with Crippen molar-refractivity contribution in [3.05, 3.63) is 71.5 Å². The normalized spacial score (nSPS) is 12.3. The lowest BCUT2D eigenvalue weighted by atomic mass is 9.98. The minimum absolute atomic E-state index is 0.133. The predicted octanol–water partition coefficient (Wildman–Crippen LogP) is 5.09. The molecule has 0 saturated carbocycles. The molecular weight excluding hydrogens is 261 g/mol. The van der Waals surface area contributed by atoms with Crippen LogP contribution >= 0.6 is 0 Å². The molecule has 1 N–H and O–H groups in total. The number of rotatable bonds is 8. The second-order valence-electron chi connectivity index (χ2n) is 5.41. The summed E-state index contributed by atoms with van der Waals surface area (Å²) in [6.07, 6.45) is 4.97. The molecule has 2 rings (SSSR count). The Morgan fingerprint density at radius 1 is 0.857 bits per heavy atom. The van der Waals surface area contributed by atoms with E-state index in [2.05, 4.69) is 24.4 Å². The maximum absolute atomic E-state index is 13.1. The number of hydrogen-bond donors (Lipinski definition) is 1. The minimum atomic E-state index is -0.187. The average molecular weight is 285 g/mol. The van der Waals surface area contributed by atoms with Crippen molar-refractivity contribution in [3.63, 3.8) is 0 Å². The van der Waals surface area contributed by atoms with Crippen molar-refractivity contribution in [2.45, 2.75) is 38.6 Å². The highest BCUT2D eigenvalue weighted by Gasteiger charge is 2.12. The van der Waals surface area contributed by atoms with Gasteiger partial charge in [-0.2, -0.15) is 0 Å². The molecule has 2 aromatic rings. The van der Waals surface area contributed by atoms with Crippen LogP contribution in [-0.4, -0.2) is 6.54 Å². The van der Waals surface area contributed by atoms with Gasteiger partial charge in [-0.1, -0.05) is 68.7 Å². The van der Waals surface area contributed by atoms with Gasteiger partial charge < -0.3 is 5.32 Å². The van der Waals surface area contributed by atoms with Crippen LogP contribution in [0.25, 0.3) is 0 Å². The third-order valence-corrected chi connectivity index (χ3v) is 3.72. The lowest BCUT2D eigenvalue weighted by Gasteiger charge is -2.20. The molecule has 1 atom stereocenters.